The largest absolute Gasteiger partial charge is 0.454 e. The lowest BCUT2D eigenvalue weighted by Gasteiger charge is -2.10. The lowest BCUT2D eigenvalue weighted by atomic mass is 10.2. The Labute approximate surface area is 126 Å². The highest BCUT2D eigenvalue weighted by molar-refractivity contribution is 6.02. The Balaban J connectivity index is 1.83. The summed E-state index contributed by atoms with van der Waals surface area (Å²) in [4.78, 5) is 23.9. The maximum absolute atomic E-state index is 12.2. The third-order valence-electron chi connectivity index (χ3n) is 3.18. The highest BCUT2D eigenvalue weighted by Crippen LogP contribution is 2.34. The first-order chi connectivity index (χ1) is 10.5. The predicted molar refractivity (Wildman–Crippen MR) is 79.4 cm³/mol. The number of fused-ring (bicyclic) bond motifs is 1. The van der Waals surface area contributed by atoms with Crippen molar-refractivity contribution in [2.75, 3.05) is 12.1 Å². The summed E-state index contributed by atoms with van der Waals surface area (Å²) in [6, 6.07) is 7.74. The molecular weight excluding hydrogens is 286 g/mol. The maximum Gasteiger partial charge on any atom is 0.276 e. The zero-order chi connectivity index (χ0) is 15.7. The van der Waals surface area contributed by atoms with E-state index in [-0.39, 0.29) is 24.1 Å². The van der Waals surface area contributed by atoms with Crippen LogP contribution in [0.2, 0.25) is 0 Å². The van der Waals surface area contributed by atoms with Gasteiger partial charge in [-0.05, 0) is 32.0 Å². The van der Waals surface area contributed by atoms with Crippen LogP contribution in [0.5, 0.6) is 11.5 Å². The monoisotopic (exact) mass is 301 g/mol. The molecule has 1 aliphatic heterocycles. The molecule has 0 saturated carbocycles. The van der Waals surface area contributed by atoms with Crippen molar-refractivity contribution in [3.63, 3.8) is 0 Å². The van der Waals surface area contributed by atoms with Gasteiger partial charge in [0.15, 0.2) is 11.5 Å². The molecule has 22 heavy (non-hydrogen) atoms. The van der Waals surface area contributed by atoms with E-state index in [1.54, 1.807) is 18.2 Å². The third kappa shape index (κ3) is 2.65. The van der Waals surface area contributed by atoms with Crippen molar-refractivity contribution in [1.29, 1.82) is 0 Å². The fourth-order valence-electron chi connectivity index (χ4n) is 2.09. The van der Waals surface area contributed by atoms with E-state index in [0.29, 0.717) is 17.2 Å². The number of hydrogen-bond acceptors (Lipinski definition) is 5. The second-order valence-corrected chi connectivity index (χ2v) is 5.12. The summed E-state index contributed by atoms with van der Waals surface area (Å²) in [5, 5.41) is 6.80. The molecule has 0 aliphatic carbocycles. The first kappa shape index (κ1) is 14.1. The van der Waals surface area contributed by atoms with Crippen LogP contribution in [0.3, 0.4) is 0 Å². The Morgan fingerprint density at radius 1 is 1.23 bits per heavy atom. The highest BCUT2D eigenvalue weighted by atomic mass is 16.7. The molecule has 1 aromatic carbocycles. The van der Waals surface area contributed by atoms with E-state index >= 15 is 0 Å². The Bertz CT molecular complexity index is 783. The van der Waals surface area contributed by atoms with Crippen LogP contribution in [0.1, 0.15) is 30.4 Å². The van der Waals surface area contributed by atoms with E-state index < -0.39 is 5.91 Å². The number of aromatic nitrogens is 2. The summed E-state index contributed by atoms with van der Waals surface area (Å²) in [7, 11) is 0. The average Bonchev–Trinajstić information content (AvgIpc) is 2.94. The number of anilines is 1. The van der Waals surface area contributed by atoms with Crippen LogP contribution in [0.15, 0.2) is 35.1 Å². The molecule has 3 rings (SSSR count). The van der Waals surface area contributed by atoms with Crippen molar-refractivity contribution in [1.82, 2.24) is 9.78 Å². The second kappa shape index (κ2) is 5.51. The van der Waals surface area contributed by atoms with Gasteiger partial charge in [0.25, 0.3) is 11.5 Å². The van der Waals surface area contributed by atoms with Gasteiger partial charge in [-0.2, -0.15) is 5.10 Å². The number of nitrogens with zero attached hydrogens (tertiary/aromatic N) is 2. The second-order valence-electron chi connectivity index (χ2n) is 5.12. The van der Waals surface area contributed by atoms with E-state index in [0.717, 1.165) is 0 Å². The van der Waals surface area contributed by atoms with Gasteiger partial charge in [-0.15, -0.1) is 0 Å². The van der Waals surface area contributed by atoms with Gasteiger partial charge in [0.1, 0.15) is 5.69 Å². The van der Waals surface area contributed by atoms with Crippen LogP contribution in [0, 0.1) is 0 Å². The predicted octanol–water partition coefficient (Wildman–Crippen LogP) is 1.81. The first-order valence-corrected chi connectivity index (χ1v) is 6.85. The number of benzene rings is 1. The average molecular weight is 301 g/mol. The van der Waals surface area contributed by atoms with Gasteiger partial charge in [-0.1, -0.05) is 0 Å². The summed E-state index contributed by atoms with van der Waals surface area (Å²) in [6.45, 7) is 3.83. The van der Waals surface area contributed by atoms with Gasteiger partial charge in [-0.25, -0.2) is 4.68 Å². The van der Waals surface area contributed by atoms with E-state index in [9.17, 15) is 9.59 Å². The van der Waals surface area contributed by atoms with Crippen LogP contribution in [0.25, 0.3) is 0 Å². The van der Waals surface area contributed by atoms with E-state index in [4.69, 9.17) is 9.47 Å². The number of rotatable bonds is 3. The normalized spacial score (nSPS) is 12.5. The van der Waals surface area contributed by atoms with Gasteiger partial charge < -0.3 is 14.8 Å². The Kier molecular flexibility index (Phi) is 3.54. The number of carbonyl (C=O) groups is 1. The molecule has 0 atom stereocenters. The van der Waals surface area contributed by atoms with E-state index in [1.807, 2.05) is 13.8 Å². The summed E-state index contributed by atoms with van der Waals surface area (Å²) in [5.74, 6) is 0.829. The molecule has 0 unspecified atom stereocenters. The molecule has 7 heteroatoms. The number of hydrogen-bond donors (Lipinski definition) is 1. The van der Waals surface area contributed by atoms with Crippen LogP contribution < -0.4 is 20.3 Å². The Morgan fingerprint density at radius 2 is 2.00 bits per heavy atom. The molecule has 1 amide bonds. The van der Waals surface area contributed by atoms with Gasteiger partial charge >= 0.3 is 0 Å². The minimum absolute atomic E-state index is 0.120. The van der Waals surface area contributed by atoms with E-state index in [2.05, 4.69) is 10.4 Å². The van der Waals surface area contributed by atoms with Gasteiger partial charge in [0, 0.05) is 17.8 Å². The van der Waals surface area contributed by atoms with Crippen LogP contribution in [-0.4, -0.2) is 22.5 Å². The van der Waals surface area contributed by atoms with Gasteiger partial charge in [-0.3, -0.25) is 9.59 Å². The molecule has 0 fully saturated rings. The molecule has 2 heterocycles. The van der Waals surface area contributed by atoms with E-state index in [1.165, 1.54) is 16.8 Å². The number of carbonyl (C=O) groups excluding carboxylic acids is 1. The lowest BCUT2D eigenvalue weighted by Crippen LogP contribution is -2.27. The van der Waals surface area contributed by atoms with Crippen molar-refractivity contribution < 1.29 is 14.3 Å². The van der Waals surface area contributed by atoms with Crippen molar-refractivity contribution in [2.24, 2.45) is 0 Å². The van der Waals surface area contributed by atoms with Crippen molar-refractivity contribution in [2.45, 2.75) is 19.9 Å². The molecule has 0 bridgehead atoms. The fraction of sp³-hybridized carbons (Fsp3) is 0.267. The number of nitrogens with one attached hydrogen (secondary N) is 1. The molecular formula is C15H15N3O4. The van der Waals surface area contributed by atoms with Crippen LogP contribution >= 0.6 is 0 Å². The first-order valence-electron chi connectivity index (χ1n) is 6.85. The fourth-order valence-corrected chi connectivity index (χ4v) is 2.09. The summed E-state index contributed by atoms with van der Waals surface area (Å²) in [6.07, 6.45) is 0. The van der Waals surface area contributed by atoms with Gasteiger partial charge in [0.2, 0.25) is 6.79 Å². The molecule has 2 aromatic rings. The molecule has 7 nitrogen and oxygen atoms in total. The maximum atomic E-state index is 12.2. The summed E-state index contributed by atoms with van der Waals surface area (Å²) < 4.78 is 11.7. The Morgan fingerprint density at radius 3 is 2.77 bits per heavy atom. The third-order valence-corrected chi connectivity index (χ3v) is 3.18. The summed E-state index contributed by atoms with van der Waals surface area (Å²) in [5.41, 5.74) is 0.499. The molecule has 0 spiro atoms. The summed E-state index contributed by atoms with van der Waals surface area (Å²) >= 11 is 0. The van der Waals surface area contributed by atoms with Gasteiger partial charge in [0.05, 0.1) is 6.04 Å². The zero-order valence-electron chi connectivity index (χ0n) is 12.2. The minimum Gasteiger partial charge on any atom is -0.454 e. The zero-order valence-corrected chi connectivity index (χ0v) is 12.2. The standard InChI is InChI=1S/C15H15N3O4/c1-9(2)18-14(19)6-4-11(17-18)15(20)16-10-3-5-12-13(7-10)22-8-21-12/h3-7,9H,8H2,1-2H3,(H,16,20). The quantitative estimate of drug-likeness (QED) is 0.934. The Hall–Kier alpha value is -2.83. The molecule has 1 N–H and O–H groups in total. The molecule has 1 aliphatic rings. The van der Waals surface area contributed by atoms with Crippen LogP contribution in [-0.2, 0) is 0 Å². The molecule has 0 saturated heterocycles. The minimum atomic E-state index is -0.395. The topological polar surface area (TPSA) is 82.5 Å². The molecule has 0 radical (unpaired) electrons. The molecule has 114 valence electrons. The number of amides is 1. The van der Waals surface area contributed by atoms with Crippen molar-refractivity contribution in [3.8, 4) is 11.5 Å². The molecule has 1 aromatic heterocycles. The van der Waals surface area contributed by atoms with Crippen molar-refractivity contribution in [3.05, 3.63) is 46.4 Å². The smallest absolute Gasteiger partial charge is 0.276 e. The number of ether oxygens (including phenoxy) is 2. The highest BCUT2D eigenvalue weighted by Gasteiger charge is 2.16. The lowest BCUT2D eigenvalue weighted by molar-refractivity contribution is 0.101. The van der Waals surface area contributed by atoms with Crippen LogP contribution in [0.4, 0.5) is 5.69 Å². The SMILES string of the molecule is CC(C)n1nc(C(=O)Nc2ccc3c(c2)OCO3)ccc1=O. The van der Waals surface area contributed by atoms with Crippen molar-refractivity contribution >= 4 is 11.6 Å².